The van der Waals surface area contributed by atoms with Crippen molar-refractivity contribution in [1.82, 2.24) is 15.1 Å². The average molecular weight is 336 g/mol. The molecule has 5 nitrogen and oxygen atoms in total. The van der Waals surface area contributed by atoms with Crippen LogP contribution in [0.4, 0.5) is 5.82 Å². The van der Waals surface area contributed by atoms with E-state index < -0.39 is 0 Å². The Bertz CT molecular complexity index is 748. The van der Waals surface area contributed by atoms with Crippen molar-refractivity contribution in [3.05, 3.63) is 53.7 Å². The monoisotopic (exact) mass is 336 g/mol. The highest BCUT2D eigenvalue weighted by molar-refractivity contribution is 5.83. The third-order valence-corrected chi connectivity index (χ3v) is 5.27. The fraction of sp³-hybridized carbons (Fsp3) is 0.450. The van der Waals surface area contributed by atoms with E-state index in [2.05, 4.69) is 51.2 Å². The second-order valence-corrected chi connectivity index (χ2v) is 7.11. The lowest BCUT2D eigenvalue weighted by atomic mass is 10.1. The van der Waals surface area contributed by atoms with Gasteiger partial charge < -0.3 is 9.80 Å². The molecule has 2 aromatic rings. The summed E-state index contributed by atoms with van der Waals surface area (Å²) in [4.78, 5) is 17.2. The number of hydrogen-bond donors (Lipinski definition) is 0. The molecule has 1 saturated carbocycles. The lowest BCUT2D eigenvalue weighted by molar-refractivity contribution is -0.132. The summed E-state index contributed by atoms with van der Waals surface area (Å²) >= 11 is 0. The van der Waals surface area contributed by atoms with Crippen LogP contribution in [0.15, 0.2) is 42.6 Å². The summed E-state index contributed by atoms with van der Waals surface area (Å²) in [6.45, 7) is 5.47. The van der Waals surface area contributed by atoms with E-state index in [0.717, 1.165) is 44.8 Å². The third kappa shape index (κ3) is 3.50. The largest absolute Gasteiger partial charge is 0.353 e. The predicted molar refractivity (Wildman–Crippen MR) is 97.5 cm³/mol. The summed E-state index contributed by atoms with van der Waals surface area (Å²) < 4.78 is 0. The summed E-state index contributed by atoms with van der Waals surface area (Å²) in [5.74, 6) is 1.81. The quantitative estimate of drug-likeness (QED) is 0.864. The van der Waals surface area contributed by atoms with Gasteiger partial charge in [0, 0.05) is 38.3 Å². The van der Waals surface area contributed by atoms with Crippen LogP contribution in [0.2, 0.25) is 0 Å². The standard InChI is InChI=1S/C20H24N4O/c1-15-5-2-6-16(13-15)17-14-18(17)20(25)24-10-4-9-23(11-12-24)19-7-3-8-21-22-19/h2-3,5-8,13,17-18H,4,9-12,14H2,1H3. The number of nitrogens with zero attached hydrogens (tertiary/aromatic N) is 4. The van der Waals surface area contributed by atoms with Gasteiger partial charge in [0.2, 0.25) is 5.91 Å². The fourth-order valence-corrected chi connectivity index (χ4v) is 3.80. The van der Waals surface area contributed by atoms with Crippen LogP contribution >= 0.6 is 0 Å². The van der Waals surface area contributed by atoms with Gasteiger partial charge in [0.15, 0.2) is 5.82 Å². The Morgan fingerprint density at radius 2 is 2.04 bits per heavy atom. The highest BCUT2D eigenvalue weighted by Crippen LogP contribution is 2.48. The molecule has 1 aliphatic heterocycles. The summed E-state index contributed by atoms with van der Waals surface area (Å²) in [7, 11) is 0. The van der Waals surface area contributed by atoms with E-state index in [0.29, 0.717) is 11.8 Å². The predicted octanol–water partition coefficient (Wildman–Crippen LogP) is 2.63. The maximum absolute atomic E-state index is 12.9. The van der Waals surface area contributed by atoms with Gasteiger partial charge in [-0.2, -0.15) is 5.10 Å². The van der Waals surface area contributed by atoms with Crippen molar-refractivity contribution >= 4 is 11.7 Å². The fourth-order valence-electron chi connectivity index (χ4n) is 3.80. The summed E-state index contributed by atoms with van der Waals surface area (Å²) in [6, 6.07) is 12.5. The molecule has 2 atom stereocenters. The molecular formula is C20H24N4O. The number of carbonyl (C=O) groups excluding carboxylic acids is 1. The molecule has 2 unspecified atom stereocenters. The maximum Gasteiger partial charge on any atom is 0.226 e. The van der Waals surface area contributed by atoms with Crippen molar-refractivity contribution in [2.45, 2.75) is 25.7 Å². The third-order valence-electron chi connectivity index (χ3n) is 5.27. The molecule has 1 saturated heterocycles. The van der Waals surface area contributed by atoms with Gasteiger partial charge in [-0.25, -0.2) is 0 Å². The van der Waals surface area contributed by atoms with E-state index in [-0.39, 0.29) is 5.92 Å². The van der Waals surface area contributed by atoms with Crippen molar-refractivity contribution in [3.63, 3.8) is 0 Å². The number of aryl methyl sites for hydroxylation is 1. The number of hydrogen-bond acceptors (Lipinski definition) is 4. The Kier molecular flexibility index (Phi) is 4.38. The van der Waals surface area contributed by atoms with Crippen LogP contribution in [0, 0.1) is 12.8 Å². The van der Waals surface area contributed by atoms with Gasteiger partial charge in [-0.3, -0.25) is 4.79 Å². The molecule has 130 valence electrons. The van der Waals surface area contributed by atoms with Gasteiger partial charge in [-0.15, -0.1) is 5.10 Å². The van der Waals surface area contributed by atoms with E-state index in [1.807, 2.05) is 12.1 Å². The number of carbonyl (C=O) groups is 1. The van der Waals surface area contributed by atoms with Gasteiger partial charge in [0.05, 0.1) is 0 Å². The lowest BCUT2D eigenvalue weighted by Gasteiger charge is -2.22. The number of anilines is 1. The molecular weight excluding hydrogens is 312 g/mol. The molecule has 0 bridgehead atoms. The molecule has 2 heterocycles. The molecule has 2 fully saturated rings. The first-order valence-corrected chi connectivity index (χ1v) is 9.10. The van der Waals surface area contributed by atoms with Crippen molar-refractivity contribution in [3.8, 4) is 0 Å². The number of rotatable bonds is 3. The molecule has 4 rings (SSSR count). The summed E-state index contributed by atoms with van der Waals surface area (Å²) in [5, 5.41) is 8.16. The molecule has 1 aromatic heterocycles. The van der Waals surface area contributed by atoms with E-state index in [1.165, 1.54) is 11.1 Å². The SMILES string of the molecule is Cc1cccc(C2CC2C(=O)N2CCCN(c3cccnn3)CC2)c1. The number of benzene rings is 1. The first kappa shape index (κ1) is 16.1. The Balaban J connectivity index is 1.37. The van der Waals surface area contributed by atoms with Gasteiger partial charge in [0.1, 0.15) is 0 Å². The van der Waals surface area contributed by atoms with Crippen LogP contribution in [0.5, 0.6) is 0 Å². The van der Waals surface area contributed by atoms with Crippen LogP contribution < -0.4 is 4.90 Å². The Morgan fingerprint density at radius 1 is 1.12 bits per heavy atom. The molecule has 1 aromatic carbocycles. The van der Waals surface area contributed by atoms with E-state index in [1.54, 1.807) is 6.20 Å². The zero-order chi connectivity index (χ0) is 17.2. The number of aromatic nitrogens is 2. The first-order valence-electron chi connectivity index (χ1n) is 9.10. The minimum absolute atomic E-state index is 0.171. The second-order valence-electron chi connectivity index (χ2n) is 7.11. The lowest BCUT2D eigenvalue weighted by Crippen LogP contribution is -2.36. The smallest absolute Gasteiger partial charge is 0.226 e. The minimum atomic E-state index is 0.171. The van der Waals surface area contributed by atoms with Crippen LogP contribution in [-0.2, 0) is 4.79 Å². The molecule has 1 aliphatic carbocycles. The van der Waals surface area contributed by atoms with Crippen LogP contribution in [0.1, 0.15) is 29.9 Å². The minimum Gasteiger partial charge on any atom is -0.353 e. The summed E-state index contributed by atoms with van der Waals surface area (Å²) in [6.07, 6.45) is 3.66. The maximum atomic E-state index is 12.9. The van der Waals surface area contributed by atoms with E-state index in [4.69, 9.17) is 0 Å². The normalized spacial score (nSPS) is 23.2. The van der Waals surface area contributed by atoms with Crippen molar-refractivity contribution in [1.29, 1.82) is 0 Å². The highest BCUT2D eigenvalue weighted by atomic mass is 16.2. The van der Waals surface area contributed by atoms with Crippen molar-refractivity contribution in [2.24, 2.45) is 5.92 Å². The van der Waals surface area contributed by atoms with Crippen molar-refractivity contribution < 1.29 is 4.79 Å². The van der Waals surface area contributed by atoms with Crippen LogP contribution in [0.25, 0.3) is 0 Å². The van der Waals surface area contributed by atoms with E-state index >= 15 is 0 Å². The molecule has 0 spiro atoms. The molecule has 1 amide bonds. The highest BCUT2D eigenvalue weighted by Gasteiger charge is 2.45. The summed E-state index contributed by atoms with van der Waals surface area (Å²) in [5.41, 5.74) is 2.58. The Hall–Kier alpha value is -2.43. The van der Waals surface area contributed by atoms with E-state index in [9.17, 15) is 4.79 Å². The van der Waals surface area contributed by atoms with Crippen LogP contribution in [0.3, 0.4) is 0 Å². The van der Waals surface area contributed by atoms with Gasteiger partial charge in [-0.1, -0.05) is 29.8 Å². The Morgan fingerprint density at radius 3 is 2.84 bits per heavy atom. The zero-order valence-corrected chi connectivity index (χ0v) is 14.6. The average Bonchev–Trinajstić information content (AvgIpc) is 3.45. The molecule has 2 aliphatic rings. The number of amides is 1. The van der Waals surface area contributed by atoms with Gasteiger partial charge >= 0.3 is 0 Å². The molecule has 0 N–H and O–H groups in total. The van der Waals surface area contributed by atoms with Gasteiger partial charge in [0.25, 0.3) is 0 Å². The molecule has 0 radical (unpaired) electrons. The molecule has 5 heteroatoms. The Labute approximate surface area is 148 Å². The van der Waals surface area contributed by atoms with Crippen molar-refractivity contribution in [2.75, 3.05) is 31.1 Å². The van der Waals surface area contributed by atoms with Crippen LogP contribution in [-0.4, -0.2) is 47.2 Å². The second kappa shape index (κ2) is 6.82. The first-order chi connectivity index (χ1) is 12.2. The topological polar surface area (TPSA) is 49.3 Å². The zero-order valence-electron chi connectivity index (χ0n) is 14.6. The van der Waals surface area contributed by atoms with Gasteiger partial charge in [-0.05, 0) is 43.4 Å². The molecule has 25 heavy (non-hydrogen) atoms.